The quantitative estimate of drug-likeness (QED) is 0.565. The maximum atomic E-state index is 12.1. The maximum absolute atomic E-state index is 12.1. The molecule has 0 N–H and O–H groups in total. The number of hydrogen-bond acceptors (Lipinski definition) is 6. The summed E-state index contributed by atoms with van der Waals surface area (Å²) in [7, 11) is -7.89. The Morgan fingerprint density at radius 3 is 1.08 bits per heavy atom. The lowest BCUT2D eigenvalue weighted by Crippen LogP contribution is -2.35. The van der Waals surface area contributed by atoms with Crippen LogP contribution < -0.4 is 0 Å². The molecule has 6 nitrogen and oxygen atoms in total. The molecule has 0 aliphatic heterocycles. The molecule has 0 aliphatic rings. The number of rotatable bonds is 9. The van der Waals surface area contributed by atoms with E-state index in [9.17, 15) is 16.8 Å². The minimum absolute atomic E-state index is 0.350. The summed E-state index contributed by atoms with van der Waals surface area (Å²) < 4.78 is 58.8. The van der Waals surface area contributed by atoms with Crippen LogP contribution >= 0.6 is 0 Å². The molecule has 0 saturated carbocycles. The zero-order chi connectivity index (χ0) is 19.4. The average Bonchev–Trinajstić information content (AvgIpc) is 2.38. The topological polar surface area (TPSA) is 86.7 Å². The zero-order valence-electron chi connectivity index (χ0n) is 16.2. The number of hydrogen-bond donors (Lipinski definition) is 0. The van der Waals surface area contributed by atoms with Gasteiger partial charge in [-0.15, -0.1) is 0 Å². The van der Waals surface area contributed by atoms with Crippen LogP contribution in [0.1, 0.15) is 68.2 Å². The second-order valence-corrected chi connectivity index (χ2v) is 11.7. The van der Waals surface area contributed by atoms with Crippen molar-refractivity contribution in [3.05, 3.63) is 0 Å². The fraction of sp³-hybridized carbons (Fsp3) is 1.00. The predicted octanol–water partition coefficient (Wildman–Crippen LogP) is 3.33. The first-order chi connectivity index (χ1) is 10.5. The Balaban J connectivity index is 4.92. The zero-order valence-corrected chi connectivity index (χ0v) is 17.9. The lowest BCUT2D eigenvalue weighted by molar-refractivity contribution is 0.0878. The summed E-state index contributed by atoms with van der Waals surface area (Å²) in [4.78, 5) is 0. The molecule has 0 aromatic carbocycles. The van der Waals surface area contributed by atoms with Gasteiger partial charge < -0.3 is 0 Å². The molecular weight excluding hydrogens is 352 g/mol. The molecule has 0 bridgehead atoms. The Bertz CT molecular complexity index is 525. The third-order valence-electron chi connectivity index (χ3n) is 3.78. The maximum Gasteiger partial charge on any atom is 0.268 e. The summed E-state index contributed by atoms with van der Waals surface area (Å²) in [6, 6.07) is 0. The first-order valence-corrected chi connectivity index (χ1v) is 11.5. The fourth-order valence-corrected chi connectivity index (χ4v) is 5.69. The Hall–Kier alpha value is -0.180. The van der Waals surface area contributed by atoms with Crippen molar-refractivity contribution in [3.8, 4) is 0 Å². The molecule has 0 saturated heterocycles. The van der Waals surface area contributed by atoms with E-state index in [-0.39, 0.29) is 10.8 Å². The molecular formula is C16H34O6S2. The molecule has 0 aliphatic carbocycles. The van der Waals surface area contributed by atoms with E-state index >= 15 is 0 Å². The largest absolute Gasteiger partial charge is 0.268 e. The van der Waals surface area contributed by atoms with Crippen molar-refractivity contribution in [2.75, 3.05) is 11.5 Å². The minimum atomic E-state index is -3.95. The van der Waals surface area contributed by atoms with Gasteiger partial charge in [0.15, 0.2) is 0 Å². The van der Waals surface area contributed by atoms with Crippen LogP contribution in [0, 0.1) is 10.8 Å². The van der Waals surface area contributed by atoms with Crippen molar-refractivity contribution < 1.29 is 25.2 Å². The van der Waals surface area contributed by atoms with Crippen LogP contribution in [-0.2, 0) is 28.6 Å². The summed E-state index contributed by atoms with van der Waals surface area (Å²) in [6.07, 6.45) is 0.0510. The molecule has 0 amide bonds. The van der Waals surface area contributed by atoms with Gasteiger partial charge in [0.05, 0.1) is 23.7 Å². The second-order valence-electron chi connectivity index (χ2n) is 8.24. The summed E-state index contributed by atoms with van der Waals surface area (Å²) >= 11 is 0. The monoisotopic (exact) mass is 386 g/mol. The van der Waals surface area contributed by atoms with Gasteiger partial charge in [0.2, 0.25) is 0 Å². The lowest BCUT2D eigenvalue weighted by atomic mass is 9.88. The van der Waals surface area contributed by atoms with E-state index in [4.69, 9.17) is 8.37 Å². The SMILES string of the molecule is CCC(OS(=O)(=O)CCS(=O)(=O)OC(CC)C(C)(C)C)C(C)(C)C. The highest BCUT2D eigenvalue weighted by Crippen LogP contribution is 2.28. The van der Waals surface area contributed by atoms with Gasteiger partial charge in [0.1, 0.15) is 0 Å². The van der Waals surface area contributed by atoms with Gasteiger partial charge in [-0.05, 0) is 23.7 Å². The Morgan fingerprint density at radius 1 is 0.667 bits per heavy atom. The fourth-order valence-electron chi connectivity index (χ4n) is 2.30. The van der Waals surface area contributed by atoms with Crippen LogP contribution in [0.2, 0.25) is 0 Å². The first-order valence-electron chi connectivity index (χ1n) is 8.36. The molecule has 2 unspecified atom stereocenters. The van der Waals surface area contributed by atoms with Crippen molar-refractivity contribution in [1.29, 1.82) is 0 Å². The van der Waals surface area contributed by atoms with Crippen LogP contribution in [0.4, 0.5) is 0 Å². The van der Waals surface area contributed by atoms with E-state index in [0.29, 0.717) is 12.8 Å². The summed E-state index contributed by atoms with van der Waals surface area (Å²) in [5.41, 5.74) is -0.701. The van der Waals surface area contributed by atoms with Gasteiger partial charge in [-0.3, -0.25) is 8.37 Å². The third kappa shape index (κ3) is 8.78. The van der Waals surface area contributed by atoms with Gasteiger partial charge in [0.25, 0.3) is 20.2 Å². The molecule has 8 heteroatoms. The first kappa shape index (κ1) is 23.8. The van der Waals surface area contributed by atoms with Crippen molar-refractivity contribution in [1.82, 2.24) is 0 Å². The van der Waals surface area contributed by atoms with Crippen molar-refractivity contribution >= 4 is 20.2 Å². The van der Waals surface area contributed by atoms with Crippen molar-refractivity contribution in [2.24, 2.45) is 10.8 Å². The minimum Gasteiger partial charge on any atom is -0.266 e. The lowest BCUT2D eigenvalue weighted by Gasteiger charge is -2.29. The highest BCUT2D eigenvalue weighted by molar-refractivity contribution is 7.90. The summed E-state index contributed by atoms with van der Waals surface area (Å²) in [5, 5.41) is 0. The van der Waals surface area contributed by atoms with Gasteiger partial charge in [-0.2, -0.15) is 16.8 Å². The van der Waals surface area contributed by atoms with Crippen LogP contribution in [0.15, 0.2) is 0 Å². The Kier molecular flexibility index (Phi) is 8.40. The van der Waals surface area contributed by atoms with Crippen LogP contribution in [0.5, 0.6) is 0 Å². The van der Waals surface area contributed by atoms with E-state index in [2.05, 4.69) is 0 Å². The average molecular weight is 387 g/mol. The van der Waals surface area contributed by atoms with Gasteiger partial charge in [-0.25, -0.2) is 0 Å². The van der Waals surface area contributed by atoms with Crippen molar-refractivity contribution in [3.63, 3.8) is 0 Å². The molecule has 0 heterocycles. The summed E-state index contributed by atoms with van der Waals surface area (Å²) in [6.45, 7) is 15.0. The van der Waals surface area contributed by atoms with E-state index in [1.165, 1.54) is 0 Å². The standard InChI is InChI=1S/C16H34O6S2/c1-9-13(15(3,4)5)21-23(17,18)11-12-24(19,20)22-14(10-2)16(6,7)8/h13-14H,9-12H2,1-8H3. The Morgan fingerprint density at radius 2 is 0.917 bits per heavy atom. The molecule has 2 atom stereocenters. The second kappa shape index (κ2) is 8.47. The van der Waals surface area contributed by atoms with E-state index < -0.39 is 43.9 Å². The van der Waals surface area contributed by atoms with Crippen LogP contribution in [0.25, 0.3) is 0 Å². The van der Waals surface area contributed by atoms with E-state index in [0.717, 1.165) is 0 Å². The molecule has 24 heavy (non-hydrogen) atoms. The van der Waals surface area contributed by atoms with Gasteiger partial charge >= 0.3 is 0 Å². The molecule has 0 fully saturated rings. The van der Waals surface area contributed by atoms with Crippen LogP contribution in [0.3, 0.4) is 0 Å². The highest BCUT2D eigenvalue weighted by Gasteiger charge is 2.32. The van der Waals surface area contributed by atoms with Crippen molar-refractivity contribution in [2.45, 2.75) is 80.4 Å². The predicted molar refractivity (Wildman–Crippen MR) is 96.8 cm³/mol. The van der Waals surface area contributed by atoms with Crippen LogP contribution in [-0.4, -0.2) is 40.5 Å². The van der Waals surface area contributed by atoms with E-state index in [1.54, 1.807) is 0 Å². The van der Waals surface area contributed by atoms with Gasteiger partial charge in [-0.1, -0.05) is 55.4 Å². The molecule has 146 valence electrons. The molecule has 0 aromatic heterocycles. The molecule has 0 rings (SSSR count). The van der Waals surface area contributed by atoms with Gasteiger partial charge in [0, 0.05) is 0 Å². The van der Waals surface area contributed by atoms with E-state index in [1.807, 2.05) is 55.4 Å². The summed E-state index contributed by atoms with van der Waals surface area (Å²) in [5.74, 6) is -1.22. The third-order valence-corrected chi connectivity index (χ3v) is 6.50. The Labute approximate surface area is 148 Å². The highest BCUT2D eigenvalue weighted by atomic mass is 32.2. The molecule has 0 aromatic rings. The normalized spacial score (nSPS) is 16.8. The molecule has 0 spiro atoms. The molecule has 0 radical (unpaired) electrons. The smallest absolute Gasteiger partial charge is 0.266 e.